The van der Waals surface area contributed by atoms with E-state index in [2.05, 4.69) is 9.88 Å². The van der Waals surface area contributed by atoms with Crippen molar-refractivity contribution in [1.82, 2.24) is 14.2 Å². The van der Waals surface area contributed by atoms with E-state index in [1.54, 1.807) is 16.4 Å². The second-order valence-electron chi connectivity index (χ2n) is 4.92. The number of aromatic nitrogens is 1. The first kappa shape index (κ1) is 14.4. The zero-order valence-corrected chi connectivity index (χ0v) is 12.1. The summed E-state index contributed by atoms with van der Waals surface area (Å²) in [5, 5.41) is 0. The lowest BCUT2D eigenvalue weighted by Gasteiger charge is -2.37. The Hall–Kier alpha value is -1.02. The van der Waals surface area contributed by atoms with Gasteiger partial charge in [-0.3, -0.25) is 4.98 Å². The molecule has 1 saturated heterocycles. The number of likely N-dealkylation sites (N-methyl/N-ethyl adjacent to an activating group) is 1. The molecule has 19 heavy (non-hydrogen) atoms. The molecule has 1 aliphatic rings. The molecule has 0 saturated carbocycles. The van der Waals surface area contributed by atoms with Crippen LogP contribution in [0.1, 0.15) is 12.6 Å². The van der Waals surface area contributed by atoms with Crippen molar-refractivity contribution in [2.45, 2.75) is 24.4 Å². The van der Waals surface area contributed by atoms with Crippen LogP contribution in [-0.2, 0) is 16.6 Å². The van der Waals surface area contributed by atoms with Crippen LogP contribution in [-0.4, -0.2) is 55.3 Å². The molecule has 1 aliphatic heterocycles. The van der Waals surface area contributed by atoms with Gasteiger partial charge in [-0.05, 0) is 26.1 Å². The molecule has 1 fully saturated rings. The molecule has 1 unspecified atom stereocenters. The molecule has 0 bridgehead atoms. The van der Waals surface area contributed by atoms with E-state index in [4.69, 9.17) is 5.73 Å². The lowest BCUT2D eigenvalue weighted by molar-refractivity contribution is 0.170. The van der Waals surface area contributed by atoms with Gasteiger partial charge in [0.15, 0.2) is 0 Å². The molecule has 1 aromatic rings. The van der Waals surface area contributed by atoms with E-state index < -0.39 is 10.0 Å². The van der Waals surface area contributed by atoms with Gasteiger partial charge in [0.25, 0.3) is 0 Å². The topological polar surface area (TPSA) is 79.5 Å². The van der Waals surface area contributed by atoms with E-state index in [0.717, 1.165) is 13.1 Å². The first-order valence-electron chi connectivity index (χ1n) is 6.30. The van der Waals surface area contributed by atoms with Gasteiger partial charge in [0, 0.05) is 38.4 Å². The van der Waals surface area contributed by atoms with Gasteiger partial charge in [-0.25, -0.2) is 8.42 Å². The van der Waals surface area contributed by atoms with Crippen molar-refractivity contribution >= 4 is 10.0 Å². The Kier molecular flexibility index (Phi) is 4.19. The molecule has 2 rings (SSSR count). The van der Waals surface area contributed by atoms with E-state index >= 15 is 0 Å². The van der Waals surface area contributed by atoms with Gasteiger partial charge in [0.2, 0.25) is 10.0 Å². The van der Waals surface area contributed by atoms with Crippen molar-refractivity contribution in [3.05, 3.63) is 24.0 Å². The van der Waals surface area contributed by atoms with Crippen LogP contribution >= 0.6 is 0 Å². The molecule has 1 atom stereocenters. The highest BCUT2D eigenvalue weighted by Gasteiger charge is 2.32. The van der Waals surface area contributed by atoms with Gasteiger partial charge in [-0.1, -0.05) is 0 Å². The summed E-state index contributed by atoms with van der Waals surface area (Å²) in [5.74, 6) is 0. The lowest BCUT2D eigenvalue weighted by Crippen LogP contribution is -2.52. The number of nitrogens with two attached hydrogens (primary N) is 1. The molecule has 0 radical (unpaired) electrons. The summed E-state index contributed by atoms with van der Waals surface area (Å²) < 4.78 is 26.6. The normalized spacial score (nSPS) is 22.6. The van der Waals surface area contributed by atoms with E-state index in [1.165, 1.54) is 6.20 Å². The molecular weight excluding hydrogens is 264 g/mol. The summed E-state index contributed by atoms with van der Waals surface area (Å²) in [5.41, 5.74) is 6.15. The fraction of sp³-hybridized carbons (Fsp3) is 0.583. The predicted octanol–water partition coefficient (Wildman–Crippen LogP) is -0.135. The van der Waals surface area contributed by atoms with Gasteiger partial charge in [0.1, 0.15) is 4.90 Å². The molecule has 1 aromatic heterocycles. The Balaban J connectivity index is 2.26. The summed E-state index contributed by atoms with van der Waals surface area (Å²) in [6.07, 6.45) is 1.39. The first-order valence-corrected chi connectivity index (χ1v) is 7.74. The molecule has 0 amide bonds. The lowest BCUT2D eigenvalue weighted by atomic mass is 10.2. The maximum Gasteiger partial charge on any atom is 0.244 e. The minimum absolute atomic E-state index is 0.0297. The zero-order chi connectivity index (χ0) is 14.0. The molecule has 2 N–H and O–H groups in total. The van der Waals surface area contributed by atoms with Crippen molar-refractivity contribution in [3.8, 4) is 0 Å². The Morgan fingerprint density at radius 3 is 2.68 bits per heavy atom. The SMILES string of the molecule is CC1CN(C)CCN1S(=O)(=O)c1ccc(CN)nc1. The number of pyridine rings is 1. The minimum Gasteiger partial charge on any atom is -0.325 e. The number of piperazine rings is 1. The second kappa shape index (κ2) is 5.54. The highest BCUT2D eigenvalue weighted by Crippen LogP contribution is 2.20. The average Bonchev–Trinajstić information content (AvgIpc) is 2.38. The van der Waals surface area contributed by atoms with Gasteiger partial charge in [0.05, 0.1) is 5.69 Å². The minimum atomic E-state index is -3.46. The molecule has 0 spiro atoms. The van der Waals surface area contributed by atoms with Gasteiger partial charge >= 0.3 is 0 Å². The summed E-state index contributed by atoms with van der Waals surface area (Å²) in [7, 11) is -1.46. The Morgan fingerprint density at radius 1 is 1.42 bits per heavy atom. The summed E-state index contributed by atoms with van der Waals surface area (Å²) in [6.45, 7) is 4.24. The van der Waals surface area contributed by atoms with Crippen LogP contribution in [0.15, 0.2) is 23.2 Å². The fourth-order valence-corrected chi connectivity index (χ4v) is 3.86. The van der Waals surface area contributed by atoms with Crippen LogP contribution in [0.3, 0.4) is 0 Å². The van der Waals surface area contributed by atoms with E-state index in [1.807, 2.05) is 14.0 Å². The molecular formula is C12H20N4O2S. The van der Waals surface area contributed by atoms with Gasteiger partial charge in [-0.15, -0.1) is 0 Å². The quantitative estimate of drug-likeness (QED) is 0.836. The van der Waals surface area contributed by atoms with Crippen molar-refractivity contribution in [1.29, 1.82) is 0 Å². The predicted molar refractivity (Wildman–Crippen MR) is 73.0 cm³/mol. The number of hydrogen-bond donors (Lipinski definition) is 1. The Labute approximate surface area is 114 Å². The van der Waals surface area contributed by atoms with E-state index in [9.17, 15) is 8.42 Å². The number of nitrogens with zero attached hydrogens (tertiary/aromatic N) is 3. The van der Waals surface area contributed by atoms with Crippen LogP contribution in [0.25, 0.3) is 0 Å². The number of rotatable bonds is 3. The smallest absolute Gasteiger partial charge is 0.244 e. The fourth-order valence-electron chi connectivity index (χ4n) is 2.30. The number of sulfonamides is 1. The van der Waals surface area contributed by atoms with E-state index in [-0.39, 0.29) is 10.9 Å². The van der Waals surface area contributed by atoms with Crippen LogP contribution in [0.2, 0.25) is 0 Å². The third kappa shape index (κ3) is 2.94. The van der Waals surface area contributed by atoms with Crippen LogP contribution in [0.5, 0.6) is 0 Å². The molecule has 106 valence electrons. The van der Waals surface area contributed by atoms with Crippen molar-refractivity contribution in [3.63, 3.8) is 0 Å². The maximum absolute atomic E-state index is 12.5. The van der Waals surface area contributed by atoms with Crippen LogP contribution in [0, 0.1) is 0 Å². The summed E-state index contributed by atoms with van der Waals surface area (Å²) in [6, 6.07) is 3.21. The molecule has 2 heterocycles. The second-order valence-corrected chi connectivity index (χ2v) is 6.81. The molecule has 7 heteroatoms. The third-order valence-corrected chi connectivity index (χ3v) is 5.38. The Bertz CT molecular complexity index is 529. The van der Waals surface area contributed by atoms with Crippen LogP contribution < -0.4 is 5.73 Å². The van der Waals surface area contributed by atoms with Crippen molar-refractivity contribution < 1.29 is 8.42 Å². The van der Waals surface area contributed by atoms with Crippen LogP contribution in [0.4, 0.5) is 0 Å². The van der Waals surface area contributed by atoms with Crippen molar-refractivity contribution in [2.24, 2.45) is 5.73 Å². The molecule has 0 aliphatic carbocycles. The van der Waals surface area contributed by atoms with Crippen molar-refractivity contribution in [2.75, 3.05) is 26.7 Å². The largest absolute Gasteiger partial charge is 0.325 e. The molecule has 6 nitrogen and oxygen atoms in total. The highest BCUT2D eigenvalue weighted by molar-refractivity contribution is 7.89. The number of hydrogen-bond acceptors (Lipinski definition) is 5. The van der Waals surface area contributed by atoms with Gasteiger partial charge < -0.3 is 10.6 Å². The standard InChI is InChI=1S/C12H20N4O2S/c1-10-9-15(2)5-6-16(10)19(17,18)12-4-3-11(7-13)14-8-12/h3-4,8,10H,5-7,9,13H2,1-2H3. The zero-order valence-electron chi connectivity index (χ0n) is 11.3. The highest BCUT2D eigenvalue weighted by atomic mass is 32.2. The Morgan fingerprint density at radius 2 is 2.16 bits per heavy atom. The van der Waals surface area contributed by atoms with E-state index in [0.29, 0.717) is 18.8 Å². The summed E-state index contributed by atoms with van der Waals surface area (Å²) >= 11 is 0. The molecule has 0 aromatic carbocycles. The summed E-state index contributed by atoms with van der Waals surface area (Å²) in [4.78, 5) is 6.43. The first-order chi connectivity index (χ1) is 8.95. The monoisotopic (exact) mass is 284 g/mol. The maximum atomic E-state index is 12.5. The third-order valence-electron chi connectivity index (χ3n) is 3.38. The average molecular weight is 284 g/mol. The van der Waals surface area contributed by atoms with Gasteiger partial charge in [-0.2, -0.15) is 4.31 Å².